The van der Waals surface area contributed by atoms with Crippen LogP contribution < -0.4 is 11.1 Å². The molecule has 1 aromatic carbocycles. The number of nitrogens with zero attached hydrogens (tertiary/aromatic N) is 3. The molecule has 0 radical (unpaired) electrons. The minimum absolute atomic E-state index is 0.411. The van der Waals surface area contributed by atoms with Crippen molar-refractivity contribution in [3.8, 4) is 6.07 Å². The van der Waals surface area contributed by atoms with E-state index in [0.29, 0.717) is 33.8 Å². The Morgan fingerprint density at radius 3 is 2.80 bits per heavy atom. The third kappa shape index (κ3) is 2.65. The lowest BCUT2D eigenvalue weighted by Crippen LogP contribution is -2.03. The van der Waals surface area contributed by atoms with E-state index in [1.807, 2.05) is 0 Å². The summed E-state index contributed by atoms with van der Waals surface area (Å²) in [4.78, 5) is 8.67. The number of nitrogens with two attached hydrogens (primary N) is 1. The summed E-state index contributed by atoms with van der Waals surface area (Å²) in [6, 6.07) is 8.79. The van der Waals surface area contributed by atoms with Gasteiger partial charge < -0.3 is 11.1 Å². The van der Waals surface area contributed by atoms with Gasteiger partial charge in [-0.15, -0.1) is 0 Å². The molecule has 0 amide bonds. The Hall–Kier alpha value is -2.32. The summed E-state index contributed by atoms with van der Waals surface area (Å²) in [6.45, 7) is 0. The van der Waals surface area contributed by atoms with Gasteiger partial charge in [0, 0.05) is 17.0 Å². The van der Waals surface area contributed by atoms with E-state index < -0.39 is 0 Å². The van der Waals surface area contributed by atoms with Crippen LogP contribution in [0.25, 0.3) is 0 Å². The molecule has 1 aliphatic carbocycles. The van der Waals surface area contributed by atoms with E-state index in [0.717, 1.165) is 18.7 Å². The Morgan fingerprint density at radius 2 is 2.10 bits per heavy atom. The van der Waals surface area contributed by atoms with Gasteiger partial charge in [0.05, 0.1) is 11.3 Å². The van der Waals surface area contributed by atoms with Crippen molar-refractivity contribution in [2.75, 3.05) is 11.1 Å². The zero-order valence-electron chi connectivity index (χ0n) is 10.6. The first-order valence-corrected chi connectivity index (χ1v) is 6.64. The van der Waals surface area contributed by atoms with E-state index in [9.17, 15) is 0 Å². The molecule has 1 aliphatic rings. The van der Waals surface area contributed by atoms with Crippen molar-refractivity contribution < 1.29 is 0 Å². The molecule has 2 aromatic rings. The first kappa shape index (κ1) is 12.7. The van der Waals surface area contributed by atoms with Crippen LogP contribution >= 0.6 is 11.6 Å². The quantitative estimate of drug-likeness (QED) is 0.904. The second-order valence-electron chi connectivity index (χ2n) is 4.74. The van der Waals surface area contributed by atoms with E-state index in [4.69, 9.17) is 22.6 Å². The predicted octanol–water partition coefficient (Wildman–Crippen LogP) is 3.20. The molecule has 0 unspecified atom stereocenters. The van der Waals surface area contributed by atoms with Gasteiger partial charge in [-0.2, -0.15) is 5.26 Å². The van der Waals surface area contributed by atoms with Crippen LogP contribution in [0.1, 0.15) is 30.1 Å². The minimum Gasteiger partial charge on any atom is -0.384 e. The van der Waals surface area contributed by atoms with Crippen LogP contribution in [-0.2, 0) is 0 Å². The highest BCUT2D eigenvalue weighted by molar-refractivity contribution is 6.30. The molecule has 1 aromatic heterocycles. The summed E-state index contributed by atoms with van der Waals surface area (Å²) in [5.74, 6) is 2.17. The van der Waals surface area contributed by atoms with Gasteiger partial charge >= 0.3 is 0 Å². The Balaban J connectivity index is 1.95. The van der Waals surface area contributed by atoms with Crippen molar-refractivity contribution in [1.82, 2.24) is 9.97 Å². The monoisotopic (exact) mass is 285 g/mol. The highest BCUT2D eigenvalue weighted by Gasteiger charge is 2.27. The highest BCUT2D eigenvalue weighted by atomic mass is 35.5. The van der Waals surface area contributed by atoms with E-state index in [1.165, 1.54) is 0 Å². The zero-order chi connectivity index (χ0) is 14.1. The molecular formula is C14H12ClN5. The third-order valence-corrected chi connectivity index (χ3v) is 3.31. The van der Waals surface area contributed by atoms with E-state index in [2.05, 4.69) is 21.4 Å². The molecule has 1 saturated carbocycles. The van der Waals surface area contributed by atoms with Gasteiger partial charge in [0.15, 0.2) is 0 Å². The van der Waals surface area contributed by atoms with Crippen molar-refractivity contribution in [2.24, 2.45) is 0 Å². The Labute approximate surface area is 121 Å². The van der Waals surface area contributed by atoms with Crippen molar-refractivity contribution in [2.45, 2.75) is 18.8 Å². The van der Waals surface area contributed by atoms with Gasteiger partial charge in [0.25, 0.3) is 0 Å². The number of halogens is 1. The molecule has 3 N–H and O–H groups in total. The highest BCUT2D eigenvalue weighted by Crippen LogP contribution is 2.38. The number of benzene rings is 1. The fourth-order valence-electron chi connectivity index (χ4n) is 1.93. The first-order valence-electron chi connectivity index (χ1n) is 6.27. The third-order valence-electron chi connectivity index (χ3n) is 3.07. The van der Waals surface area contributed by atoms with Crippen molar-refractivity contribution in [3.05, 3.63) is 40.7 Å². The number of hydrogen-bond donors (Lipinski definition) is 2. The van der Waals surface area contributed by atoms with Crippen LogP contribution in [0.15, 0.2) is 24.3 Å². The van der Waals surface area contributed by atoms with Gasteiger partial charge in [0.2, 0.25) is 0 Å². The smallest absolute Gasteiger partial charge is 0.136 e. The number of nitrogen functional groups attached to an aromatic ring is 1. The SMILES string of the molecule is N#Cc1ccc(Cl)cc1Nc1cc(N)nc(C2CC2)n1. The number of nitriles is 1. The maximum atomic E-state index is 9.10. The number of rotatable bonds is 3. The molecule has 0 aliphatic heterocycles. The van der Waals surface area contributed by atoms with Crippen LogP contribution in [-0.4, -0.2) is 9.97 Å². The fraction of sp³-hybridized carbons (Fsp3) is 0.214. The molecule has 3 rings (SSSR count). The van der Waals surface area contributed by atoms with E-state index >= 15 is 0 Å². The average Bonchev–Trinajstić information content (AvgIpc) is 3.22. The fourth-order valence-corrected chi connectivity index (χ4v) is 2.10. The molecule has 0 saturated heterocycles. The number of anilines is 3. The normalized spacial score (nSPS) is 13.8. The molecular weight excluding hydrogens is 274 g/mol. The molecule has 1 fully saturated rings. The molecule has 1 heterocycles. The number of nitrogens with one attached hydrogen (secondary N) is 1. The Kier molecular flexibility index (Phi) is 3.17. The molecule has 0 bridgehead atoms. The van der Waals surface area contributed by atoms with Crippen LogP contribution in [0.2, 0.25) is 5.02 Å². The topological polar surface area (TPSA) is 87.6 Å². The lowest BCUT2D eigenvalue weighted by molar-refractivity contribution is 0.936. The minimum atomic E-state index is 0.411. The lowest BCUT2D eigenvalue weighted by Gasteiger charge is -2.09. The molecule has 5 nitrogen and oxygen atoms in total. The van der Waals surface area contributed by atoms with Crippen molar-refractivity contribution >= 4 is 28.9 Å². The maximum Gasteiger partial charge on any atom is 0.136 e. The van der Waals surface area contributed by atoms with Gasteiger partial charge in [-0.05, 0) is 31.0 Å². The van der Waals surface area contributed by atoms with Crippen LogP contribution in [0.5, 0.6) is 0 Å². The van der Waals surface area contributed by atoms with Crippen LogP contribution in [0.3, 0.4) is 0 Å². The summed E-state index contributed by atoms with van der Waals surface area (Å²) in [6.07, 6.45) is 2.20. The second kappa shape index (κ2) is 4.99. The maximum absolute atomic E-state index is 9.10. The van der Waals surface area contributed by atoms with Gasteiger partial charge in [0.1, 0.15) is 23.5 Å². The van der Waals surface area contributed by atoms with Gasteiger partial charge in [-0.1, -0.05) is 11.6 Å². The van der Waals surface area contributed by atoms with Gasteiger partial charge in [-0.3, -0.25) is 0 Å². The number of hydrogen-bond acceptors (Lipinski definition) is 5. The number of aromatic nitrogens is 2. The summed E-state index contributed by atoms with van der Waals surface area (Å²) in [7, 11) is 0. The van der Waals surface area contributed by atoms with Crippen LogP contribution in [0.4, 0.5) is 17.3 Å². The van der Waals surface area contributed by atoms with Crippen molar-refractivity contribution in [1.29, 1.82) is 5.26 Å². The Bertz CT molecular complexity index is 703. The van der Waals surface area contributed by atoms with Crippen LogP contribution in [0, 0.1) is 11.3 Å². The zero-order valence-corrected chi connectivity index (χ0v) is 11.4. The summed E-state index contributed by atoms with van der Waals surface area (Å²) < 4.78 is 0. The van der Waals surface area contributed by atoms with Crippen molar-refractivity contribution in [3.63, 3.8) is 0 Å². The van der Waals surface area contributed by atoms with Gasteiger partial charge in [-0.25, -0.2) is 9.97 Å². The predicted molar refractivity (Wildman–Crippen MR) is 77.9 cm³/mol. The first-order chi connectivity index (χ1) is 9.65. The summed E-state index contributed by atoms with van der Waals surface area (Å²) in [5, 5.41) is 12.7. The summed E-state index contributed by atoms with van der Waals surface area (Å²) in [5.41, 5.74) is 6.91. The molecule has 20 heavy (non-hydrogen) atoms. The average molecular weight is 286 g/mol. The molecule has 0 atom stereocenters. The Morgan fingerprint density at radius 1 is 1.30 bits per heavy atom. The largest absolute Gasteiger partial charge is 0.384 e. The molecule has 0 spiro atoms. The van der Waals surface area contributed by atoms with E-state index in [1.54, 1.807) is 24.3 Å². The molecule has 100 valence electrons. The summed E-state index contributed by atoms with van der Waals surface area (Å²) >= 11 is 5.96. The second-order valence-corrected chi connectivity index (χ2v) is 5.17. The van der Waals surface area contributed by atoms with E-state index in [-0.39, 0.29) is 0 Å². The standard InChI is InChI=1S/C14H12ClN5/c15-10-4-3-9(7-16)11(5-10)18-13-6-12(17)19-14(20-13)8-1-2-8/h3-6,8H,1-2H2,(H3,17,18,19,20). The molecule has 6 heteroatoms. The lowest BCUT2D eigenvalue weighted by atomic mass is 10.2.